The van der Waals surface area contributed by atoms with Crippen LogP contribution in [0.25, 0.3) is 0 Å². The second-order valence-electron chi connectivity index (χ2n) is 11.0. The number of nitrogens with zero attached hydrogens (tertiary/aromatic N) is 1. The van der Waals surface area contributed by atoms with Crippen LogP contribution in [-0.4, -0.2) is 62.4 Å². The van der Waals surface area contributed by atoms with Crippen molar-refractivity contribution in [1.29, 1.82) is 0 Å². The van der Waals surface area contributed by atoms with Crippen molar-refractivity contribution in [2.75, 3.05) is 19.0 Å². The highest BCUT2D eigenvalue weighted by atomic mass is 32.2. The fourth-order valence-electron chi connectivity index (χ4n) is 3.81. The van der Waals surface area contributed by atoms with Gasteiger partial charge in [0.1, 0.15) is 12.3 Å². The Kier molecular flexibility index (Phi) is 9.62. The van der Waals surface area contributed by atoms with E-state index in [1.165, 1.54) is 17.8 Å². The minimum Gasteiger partial charge on any atom is -0.462 e. The topological polar surface area (TPSA) is 122 Å². The normalized spacial score (nSPS) is 18.9. The number of aliphatic hydroxyl groups is 1. The van der Waals surface area contributed by atoms with E-state index in [1.807, 2.05) is 20.8 Å². The van der Waals surface area contributed by atoms with Gasteiger partial charge in [0.05, 0.1) is 4.90 Å². The van der Waals surface area contributed by atoms with Gasteiger partial charge in [-0.3, -0.25) is 9.59 Å². The first-order valence-corrected chi connectivity index (χ1v) is 16.6. The summed E-state index contributed by atoms with van der Waals surface area (Å²) >= 11 is 1.26. The largest absolute Gasteiger partial charge is 0.462 e. The minimum atomic E-state index is -4.34. The highest BCUT2D eigenvalue weighted by Gasteiger charge is 2.49. The van der Waals surface area contributed by atoms with Crippen LogP contribution in [0.3, 0.4) is 0 Å². The van der Waals surface area contributed by atoms with Gasteiger partial charge in [0, 0.05) is 23.1 Å². The first kappa shape index (κ1) is 29.8. The first-order valence-electron chi connectivity index (χ1n) is 11.5. The van der Waals surface area contributed by atoms with Crippen LogP contribution in [0.15, 0.2) is 34.1 Å². The van der Waals surface area contributed by atoms with Crippen LogP contribution >= 0.6 is 11.8 Å². The Bertz CT molecular complexity index is 1020. The van der Waals surface area contributed by atoms with Crippen LogP contribution in [-0.2, 0) is 24.1 Å². The van der Waals surface area contributed by atoms with E-state index in [2.05, 4.69) is 5.32 Å². The molecule has 0 aromatic heterocycles. The van der Waals surface area contributed by atoms with Crippen molar-refractivity contribution < 1.29 is 32.4 Å². The van der Waals surface area contributed by atoms with Crippen molar-refractivity contribution in [3.63, 3.8) is 0 Å². The van der Waals surface area contributed by atoms with E-state index in [0.717, 1.165) is 0 Å². The van der Waals surface area contributed by atoms with Gasteiger partial charge >= 0.3 is 13.9 Å². The summed E-state index contributed by atoms with van der Waals surface area (Å²) < 4.78 is 39.2. The first-order chi connectivity index (χ1) is 16.0. The molecule has 9 nitrogen and oxygen atoms in total. The minimum absolute atomic E-state index is 0.0422. The number of amides is 1. The number of carbonyl (C=O) groups excluding carboxylic acids is 2. The van der Waals surface area contributed by atoms with E-state index in [9.17, 15) is 23.1 Å². The average molecular weight is 547 g/mol. The molecule has 0 aliphatic carbocycles. The van der Waals surface area contributed by atoms with Crippen LogP contribution in [0.5, 0.6) is 0 Å². The standard InChI is InChI=1S/C23H38N2O7S2Si/c1-22(2,3)15-35(7,21(28)31-23(4,5)6)32-25(16-26)34(29,30)19-11-9-8-10-18(19)33-14-17-12-13-24-20(17)27/h8-11,17,26H,12-16H2,1-7H3,(H,24,27). The molecule has 198 valence electrons. The predicted molar refractivity (Wildman–Crippen MR) is 138 cm³/mol. The molecule has 1 aromatic rings. The SMILES string of the molecule is CC(C)(C)C[Si](C)(ON(CO)S(=O)(=O)c1ccccc1SCC1CCNC1=O)C(=O)OC(C)(C)C. The number of hydrogen-bond donors (Lipinski definition) is 2. The lowest BCUT2D eigenvalue weighted by molar-refractivity contribution is -0.121. The molecule has 0 radical (unpaired) electrons. The maximum absolute atomic E-state index is 13.6. The van der Waals surface area contributed by atoms with E-state index in [1.54, 1.807) is 45.5 Å². The Morgan fingerprint density at radius 1 is 1.23 bits per heavy atom. The third kappa shape index (κ3) is 8.29. The van der Waals surface area contributed by atoms with Crippen LogP contribution < -0.4 is 5.32 Å². The number of hydroxylamine groups is 1. The van der Waals surface area contributed by atoms with Crippen molar-refractivity contribution in [2.24, 2.45) is 11.3 Å². The van der Waals surface area contributed by atoms with Gasteiger partial charge in [0.15, 0.2) is 0 Å². The summed E-state index contributed by atoms with van der Waals surface area (Å²) in [4.78, 5) is 25.5. The molecule has 1 amide bonds. The number of hydrogen-bond acceptors (Lipinski definition) is 8. The molecule has 1 saturated heterocycles. The lowest BCUT2D eigenvalue weighted by Crippen LogP contribution is -2.54. The van der Waals surface area contributed by atoms with Gasteiger partial charge in [-0.15, -0.1) is 11.8 Å². The Balaban J connectivity index is 2.37. The number of thioether (sulfide) groups is 1. The zero-order valence-electron chi connectivity index (χ0n) is 21.6. The van der Waals surface area contributed by atoms with Gasteiger partial charge in [-0.2, -0.15) is 0 Å². The van der Waals surface area contributed by atoms with Crippen LogP contribution in [0, 0.1) is 11.3 Å². The molecule has 2 atom stereocenters. The van der Waals surface area contributed by atoms with E-state index in [0.29, 0.717) is 28.1 Å². The van der Waals surface area contributed by atoms with E-state index < -0.39 is 36.3 Å². The molecule has 2 rings (SSSR count). The maximum atomic E-state index is 13.6. The molecule has 2 N–H and O–H groups in total. The number of rotatable bonds is 10. The third-order valence-corrected chi connectivity index (χ3v) is 11.6. The highest BCUT2D eigenvalue weighted by Crippen LogP contribution is 2.35. The van der Waals surface area contributed by atoms with Crippen molar-refractivity contribution >= 4 is 41.6 Å². The molecule has 1 heterocycles. The molecule has 1 aliphatic rings. The monoisotopic (exact) mass is 546 g/mol. The average Bonchev–Trinajstić information content (AvgIpc) is 3.12. The Morgan fingerprint density at radius 3 is 2.37 bits per heavy atom. The molecule has 35 heavy (non-hydrogen) atoms. The van der Waals surface area contributed by atoms with Crippen molar-refractivity contribution in [3.05, 3.63) is 24.3 Å². The van der Waals surface area contributed by atoms with Crippen LogP contribution in [0.1, 0.15) is 48.0 Å². The maximum Gasteiger partial charge on any atom is 0.342 e. The Labute approximate surface area is 214 Å². The second kappa shape index (κ2) is 11.3. The van der Waals surface area contributed by atoms with Crippen LogP contribution in [0.2, 0.25) is 12.6 Å². The van der Waals surface area contributed by atoms with Crippen molar-refractivity contribution in [3.8, 4) is 0 Å². The molecule has 0 saturated carbocycles. The fraction of sp³-hybridized carbons (Fsp3) is 0.652. The van der Waals surface area contributed by atoms with E-state index >= 15 is 0 Å². The Hall–Kier alpha value is -1.44. The van der Waals surface area contributed by atoms with E-state index in [-0.39, 0.29) is 28.2 Å². The van der Waals surface area contributed by atoms with Gasteiger partial charge in [-0.05, 0) is 57.3 Å². The zero-order chi connectivity index (χ0) is 26.7. The fourth-order valence-corrected chi connectivity index (χ4v) is 10.5. The number of benzene rings is 1. The highest BCUT2D eigenvalue weighted by molar-refractivity contribution is 8.00. The summed E-state index contributed by atoms with van der Waals surface area (Å²) in [5.74, 6) is 0.183. The van der Waals surface area contributed by atoms with E-state index in [4.69, 9.17) is 9.26 Å². The van der Waals surface area contributed by atoms with Gasteiger partial charge in [-0.25, -0.2) is 8.42 Å². The lowest BCUT2D eigenvalue weighted by Gasteiger charge is -2.36. The smallest absolute Gasteiger partial charge is 0.342 e. The molecule has 0 bridgehead atoms. The quantitative estimate of drug-likeness (QED) is 0.196. The molecule has 1 fully saturated rings. The number of carbonyl (C=O) groups is 2. The summed E-state index contributed by atoms with van der Waals surface area (Å²) in [5.41, 5.74) is -1.74. The summed E-state index contributed by atoms with van der Waals surface area (Å²) in [7, 11) is -7.87. The molecule has 1 aromatic carbocycles. The number of ether oxygens (including phenoxy) is 1. The van der Waals surface area contributed by atoms with Crippen molar-refractivity contribution in [2.45, 2.75) is 75.9 Å². The van der Waals surface area contributed by atoms with Gasteiger partial charge in [-0.1, -0.05) is 37.4 Å². The summed E-state index contributed by atoms with van der Waals surface area (Å²) in [6.45, 7) is 12.2. The van der Waals surface area contributed by atoms with Crippen molar-refractivity contribution in [1.82, 2.24) is 9.79 Å². The molecule has 2 unspecified atom stereocenters. The predicted octanol–water partition coefficient (Wildman–Crippen LogP) is 3.93. The molecule has 0 spiro atoms. The van der Waals surface area contributed by atoms with Gasteiger partial charge in [0.25, 0.3) is 10.0 Å². The molecule has 12 heteroatoms. The Morgan fingerprint density at radius 2 is 1.86 bits per heavy atom. The number of sulfonamides is 1. The van der Waals surface area contributed by atoms with Gasteiger partial charge < -0.3 is 19.7 Å². The lowest BCUT2D eigenvalue weighted by atomic mass is 10.0. The molecular weight excluding hydrogens is 508 g/mol. The summed E-state index contributed by atoms with van der Waals surface area (Å²) in [6, 6.07) is 6.63. The summed E-state index contributed by atoms with van der Waals surface area (Å²) in [5, 5.41) is 12.8. The summed E-state index contributed by atoms with van der Waals surface area (Å²) in [6.07, 6.45) is 0.694. The van der Waals surface area contributed by atoms with Gasteiger partial charge in [0.2, 0.25) is 5.91 Å². The second-order valence-corrected chi connectivity index (χ2v) is 17.3. The molecular formula is C23H38N2O7S2Si. The third-order valence-electron chi connectivity index (χ3n) is 5.12. The molecule has 1 aliphatic heterocycles. The van der Waals surface area contributed by atoms with Crippen LogP contribution in [0.4, 0.5) is 4.79 Å². The zero-order valence-corrected chi connectivity index (χ0v) is 24.2. The number of aliphatic hydroxyl groups excluding tert-OH is 1. The number of nitrogens with one attached hydrogen (secondary N) is 1.